The molecule has 33 heavy (non-hydrogen) atoms. The number of nitrogens with one attached hydrogen (secondary N) is 2. The van der Waals surface area contributed by atoms with Crippen LogP contribution in [0.25, 0.3) is 0 Å². The van der Waals surface area contributed by atoms with E-state index in [2.05, 4.69) is 4.74 Å². The third-order valence-electron chi connectivity index (χ3n) is 4.53. The lowest BCUT2D eigenvalue weighted by molar-refractivity contribution is -0.136. The van der Waals surface area contributed by atoms with Crippen molar-refractivity contribution in [2.45, 2.75) is 38.4 Å². The van der Waals surface area contributed by atoms with Gasteiger partial charge in [0, 0.05) is 63.9 Å². The number of carbonyl (C=O) groups is 3. The number of rotatable bonds is 6. The van der Waals surface area contributed by atoms with Crippen LogP contribution in [0.3, 0.4) is 0 Å². The fourth-order valence-corrected chi connectivity index (χ4v) is 3.03. The summed E-state index contributed by atoms with van der Waals surface area (Å²) in [4.78, 5) is 37.8. The van der Waals surface area contributed by atoms with Gasteiger partial charge >= 0.3 is 0 Å². The van der Waals surface area contributed by atoms with Crippen LogP contribution in [0.4, 0.5) is 5.69 Å². The van der Waals surface area contributed by atoms with Gasteiger partial charge in [-0.2, -0.15) is 0 Å². The fraction of sp³-hybridized carbons (Fsp3) is 0.400. The van der Waals surface area contributed by atoms with Gasteiger partial charge in [0.25, 0.3) is 5.91 Å². The summed E-state index contributed by atoms with van der Waals surface area (Å²) in [6, 6.07) is -12.0. The summed E-state index contributed by atoms with van der Waals surface area (Å²) in [7, 11) is 0. The molecular formula is C25H28N4O4. The van der Waals surface area contributed by atoms with Gasteiger partial charge in [-0.15, -0.1) is 0 Å². The van der Waals surface area contributed by atoms with E-state index in [1.807, 2.05) is 5.32 Å². The predicted octanol–water partition coefficient (Wildman–Crippen LogP) is 1.89. The maximum Gasteiger partial charge on any atom is 0.255 e. The lowest BCUT2D eigenvalue weighted by Crippen LogP contribution is -2.52. The highest BCUT2D eigenvalue weighted by molar-refractivity contribution is 6.06. The molecule has 1 atom stereocenters. The first-order valence-corrected chi connectivity index (χ1v) is 9.32. The zero-order chi connectivity index (χ0) is 42.4. The highest BCUT2D eigenvalue weighted by Crippen LogP contribution is 2.32. The summed E-state index contributed by atoms with van der Waals surface area (Å²) in [5, 5.41) is 3.71. The van der Waals surface area contributed by atoms with E-state index in [4.69, 9.17) is 30.2 Å². The number of imide groups is 1. The number of hydrogen-bond donors (Lipinski definition) is 2. The lowest BCUT2D eigenvalue weighted by Gasteiger charge is -2.29. The number of anilines is 1. The highest BCUT2D eigenvalue weighted by atomic mass is 16.5. The molecule has 3 heterocycles. The Bertz CT molecular complexity index is 2050. The first kappa shape index (κ1) is 7.92. The van der Waals surface area contributed by atoms with Crippen molar-refractivity contribution in [2.75, 3.05) is 31.4 Å². The van der Waals surface area contributed by atoms with Crippen molar-refractivity contribution in [2.24, 2.45) is 0 Å². The molecule has 3 aliphatic heterocycles. The highest BCUT2D eigenvalue weighted by Gasteiger charge is 2.39. The fourth-order valence-electron chi connectivity index (χ4n) is 3.03. The summed E-state index contributed by atoms with van der Waals surface area (Å²) in [5.74, 6) is -3.92. The molecule has 172 valence electrons. The van der Waals surface area contributed by atoms with E-state index in [0.717, 1.165) is 0 Å². The van der Waals surface area contributed by atoms with E-state index < -0.39 is 157 Å². The third-order valence-corrected chi connectivity index (χ3v) is 4.53. The summed E-state index contributed by atoms with van der Waals surface area (Å²) in [6.45, 7) is -27.3. The van der Waals surface area contributed by atoms with E-state index in [-0.39, 0.29) is 4.90 Å². The van der Waals surface area contributed by atoms with Crippen LogP contribution in [0.5, 0.6) is 0 Å². The molecule has 0 aliphatic carbocycles. The molecule has 1 unspecified atom stereocenters. The van der Waals surface area contributed by atoms with E-state index in [1.165, 1.54) is 0 Å². The van der Waals surface area contributed by atoms with Gasteiger partial charge in [0.2, 0.25) is 11.8 Å². The molecule has 0 bridgehead atoms. The molecule has 0 aromatic heterocycles. The smallest absolute Gasteiger partial charge is 0.255 e. The number of benzene rings is 2. The Morgan fingerprint density at radius 1 is 1.15 bits per heavy atom. The Labute approximate surface area is 223 Å². The maximum atomic E-state index is 13.8. The van der Waals surface area contributed by atoms with Crippen molar-refractivity contribution in [3.05, 3.63) is 64.6 Å². The zero-order valence-electron chi connectivity index (χ0n) is 38.4. The molecule has 3 aliphatic rings. The van der Waals surface area contributed by atoms with Gasteiger partial charge in [0.15, 0.2) is 0 Å². The summed E-state index contributed by atoms with van der Waals surface area (Å²) in [6.07, 6.45) is -1.33. The topological polar surface area (TPSA) is 91.0 Å². The number of ether oxygens (including phenoxy) is 1. The molecule has 8 heteroatoms. The molecule has 2 saturated heterocycles. The first-order chi connectivity index (χ1) is 24.6. The molecule has 3 amide bonds. The Hall–Kier alpha value is -3.23. The molecule has 5 rings (SSSR count). The number of nitrogens with zero attached hydrogens (tertiary/aromatic N) is 2. The minimum Gasteiger partial charge on any atom is -0.381 e. The Kier molecular flexibility index (Phi) is 2.24. The number of morpholine rings is 1. The monoisotopic (exact) mass is 470 g/mol. The molecule has 2 aromatic carbocycles. The van der Waals surface area contributed by atoms with Crippen LogP contribution in [0.15, 0.2) is 42.3 Å². The molecular weight excluding hydrogens is 420 g/mol. The Morgan fingerprint density at radius 3 is 2.73 bits per heavy atom. The number of amides is 3. The van der Waals surface area contributed by atoms with Crippen molar-refractivity contribution in [1.29, 1.82) is 0 Å². The normalized spacial score (nSPS) is 41.6. The quantitative estimate of drug-likeness (QED) is 0.627. The van der Waals surface area contributed by atoms with Crippen molar-refractivity contribution in [3.63, 3.8) is 0 Å². The number of carbonyl (C=O) groups excluding carboxylic acids is 3. The summed E-state index contributed by atoms with van der Waals surface area (Å²) in [5.41, 5.74) is -6.60. The van der Waals surface area contributed by atoms with E-state index in [0.29, 0.717) is 0 Å². The lowest BCUT2D eigenvalue weighted by atomic mass is 10.0. The van der Waals surface area contributed by atoms with Gasteiger partial charge < -0.3 is 15.0 Å². The predicted molar refractivity (Wildman–Crippen MR) is 122 cm³/mol. The third kappa shape index (κ3) is 4.49. The largest absolute Gasteiger partial charge is 0.381 e. The molecule has 2 N–H and O–H groups in total. The zero-order valence-corrected chi connectivity index (χ0v) is 16.4. The van der Waals surface area contributed by atoms with Crippen LogP contribution in [0.1, 0.15) is 70.0 Å². The second-order valence-electron chi connectivity index (χ2n) is 6.55. The minimum atomic E-state index is -4.17. The summed E-state index contributed by atoms with van der Waals surface area (Å²) >= 11 is 0. The molecule has 8 nitrogen and oxygen atoms in total. The SMILES string of the molecule is [2H]c1c([2H])c(NC([2H])([2H])c2c([2H])c([2H])c([2H])c([2H])c2C([2H])([2H])N2C([2H])([2H])C([2H])([2H])OC([2H])([2H])C2([2H])[2H])c2c(c1[2H])C(=O)N(C1([2H])CCC(=O)NC1=O)C2([2H])[2H]. The minimum absolute atomic E-state index is 0.00725. The second-order valence-corrected chi connectivity index (χ2v) is 6.55. The van der Waals surface area contributed by atoms with Gasteiger partial charge in [-0.1, -0.05) is 30.2 Å². The van der Waals surface area contributed by atoms with Crippen LogP contribution in [-0.4, -0.2) is 59.7 Å². The van der Waals surface area contributed by atoms with Crippen molar-refractivity contribution in [1.82, 2.24) is 15.1 Å². The summed E-state index contributed by atoms with van der Waals surface area (Å²) < 4.78 is 191. The Morgan fingerprint density at radius 2 is 1.94 bits per heavy atom. The molecule has 0 radical (unpaired) electrons. The molecule has 0 spiro atoms. The van der Waals surface area contributed by atoms with Gasteiger partial charge in [-0.3, -0.25) is 24.6 Å². The molecule has 2 aromatic rings. The number of hydrogen-bond acceptors (Lipinski definition) is 6. The van der Waals surface area contributed by atoms with Crippen molar-refractivity contribution in [3.8, 4) is 0 Å². The Balaban J connectivity index is 1.80. The van der Waals surface area contributed by atoms with Gasteiger partial charge in [0.1, 0.15) is 6.02 Å². The molecule has 2 fully saturated rings. The van der Waals surface area contributed by atoms with Gasteiger partial charge in [-0.25, -0.2) is 0 Å². The van der Waals surface area contributed by atoms with Crippen molar-refractivity contribution < 1.29 is 49.3 Å². The van der Waals surface area contributed by atoms with Gasteiger partial charge in [-0.05, 0) is 29.6 Å². The molecule has 0 saturated carbocycles. The number of fused-ring (bicyclic) bond motifs is 1. The standard InChI is InChI=1S/C25H28N4O4/c30-23-9-8-22(24(31)27-23)29-16-20-19(25(29)32)6-3-7-21(20)26-14-17-4-1-2-5-18(17)15-28-10-12-33-13-11-28/h1-7,22,26H,8-16H2,(H,27,30,31)/i1D,2D,3D,4D,5D,6D,7D,10D2,11D2,12D2,13D2,14D2,15D2,16D2,22D. The van der Waals surface area contributed by atoms with Gasteiger partial charge in [0.05, 0.1) is 35.1 Å². The van der Waals surface area contributed by atoms with E-state index in [9.17, 15) is 14.4 Å². The average Bonchev–Trinajstić information content (AvgIpc) is 3.23. The van der Waals surface area contributed by atoms with Crippen LogP contribution >= 0.6 is 0 Å². The number of piperidine rings is 1. The van der Waals surface area contributed by atoms with Crippen LogP contribution < -0.4 is 10.6 Å². The second kappa shape index (κ2) is 9.33. The van der Waals surface area contributed by atoms with E-state index in [1.54, 1.807) is 5.32 Å². The maximum absolute atomic E-state index is 13.8. The van der Waals surface area contributed by atoms with Crippen LogP contribution in [0.2, 0.25) is 0 Å². The van der Waals surface area contributed by atoms with Crippen LogP contribution in [0, 0.1) is 0 Å². The van der Waals surface area contributed by atoms with E-state index >= 15 is 0 Å². The van der Waals surface area contributed by atoms with Crippen molar-refractivity contribution >= 4 is 23.4 Å². The first-order valence-electron chi connectivity index (χ1n) is 20.3. The average molecular weight is 471 g/mol. The van der Waals surface area contributed by atoms with Crippen LogP contribution in [-0.2, 0) is 33.8 Å².